The van der Waals surface area contributed by atoms with Crippen LogP contribution in [0.15, 0.2) is 46.0 Å². The van der Waals surface area contributed by atoms with Crippen LogP contribution in [0.4, 0.5) is 5.82 Å². The van der Waals surface area contributed by atoms with E-state index in [1.807, 2.05) is 34.6 Å². The van der Waals surface area contributed by atoms with Crippen LogP contribution in [-0.2, 0) is 16.4 Å². The highest BCUT2D eigenvalue weighted by molar-refractivity contribution is 7.90. The number of fused-ring (bicyclic) bond motifs is 2. The maximum Gasteiger partial charge on any atom is 0.285 e. The van der Waals surface area contributed by atoms with Gasteiger partial charge in [-0.2, -0.15) is 8.42 Å². The van der Waals surface area contributed by atoms with Crippen molar-refractivity contribution in [1.29, 1.82) is 0 Å². The summed E-state index contributed by atoms with van der Waals surface area (Å²) in [6.07, 6.45) is 4.44. The lowest BCUT2D eigenvalue weighted by molar-refractivity contribution is 0.386. The van der Waals surface area contributed by atoms with Crippen molar-refractivity contribution in [3.05, 3.63) is 48.0 Å². The third-order valence-electron chi connectivity index (χ3n) is 5.19. The molecule has 9 nitrogen and oxygen atoms in total. The number of piperazine rings is 1. The molecule has 5 rings (SSSR count). The van der Waals surface area contributed by atoms with Crippen LogP contribution in [0, 0.1) is 0 Å². The monoisotopic (exact) mass is 397 g/mol. The van der Waals surface area contributed by atoms with Gasteiger partial charge in [-0.3, -0.25) is 4.40 Å². The van der Waals surface area contributed by atoms with Crippen molar-refractivity contribution in [2.45, 2.75) is 18.2 Å². The van der Waals surface area contributed by atoms with E-state index in [4.69, 9.17) is 0 Å². The highest BCUT2D eigenvalue weighted by atomic mass is 32.2. The van der Waals surface area contributed by atoms with Gasteiger partial charge < -0.3 is 9.80 Å². The molecule has 1 fully saturated rings. The molecule has 0 bridgehead atoms. The van der Waals surface area contributed by atoms with Crippen LogP contribution in [0.2, 0.25) is 0 Å². The molecule has 2 aromatic heterocycles. The zero-order valence-corrected chi connectivity index (χ0v) is 16.2. The normalized spacial score (nSPS) is 18.4. The summed E-state index contributed by atoms with van der Waals surface area (Å²) in [6.45, 7) is 4.74. The Labute approximate surface area is 162 Å². The van der Waals surface area contributed by atoms with Crippen molar-refractivity contribution in [1.82, 2.24) is 24.5 Å². The Kier molecular flexibility index (Phi) is 3.83. The van der Waals surface area contributed by atoms with Gasteiger partial charge in [0.25, 0.3) is 10.0 Å². The van der Waals surface area contributed by atoms with Gasteiger partial charge in [0.15, 0.2) is 11.7 Å². The maximum atomic E-state index is 12.3. The summed E-state index contributed by atoms with van der Waals surface area (Å²) in [6, 6.07) is 6.99. The van der Waals surface area contributed by atoms with E-state index < -0.39 is 10.0 Å². The summed E-state index contributed by atoms with van der Waals surface area (Å²) in [7, 11) is -3.60. The summed E-state index contributed by atoms with van der Waals surface area (Å²) >= 11 is 0. The van der Waals surface area contributed by atoms with Crippen molar-refractivity contribution in [3.63, 3.8) is 0 Å². The third kappa shape index (κ3) is 2.55. The molecule has 3 aromatic rings. The molecule has 0 radical (unpaired) electrons. The van der Waals surface area contributed by atoms with Gasteiger partial charge in [-0.05, 0) is 12.1 Å². The average Bonchev–Trinajstić information content (AvgIpc) is 3.27. The molecule has 0 amide bonds. The van der Waals surface area contributed by atoms with Crippen LogP contribution in [0.3, 0.4) is 0 Å². The minimum atomic E-state index is -3.60. The molecule has 144 valence electrons. The fourth-order valence-electron chi connectivity index (χ4n) is 3.77. The Bertz CT molecular complexity index is 1190. The van der Waals surface area contributed by atoms with E-state index in [2.05, 4.69) is 24.5 Å². The number of hydrogen-bond donors (Lipinski definition) is 0. The molecule has 28 heavy (non-hydrogen) atoms. The Hall–Kier alpha value is -3.01. The third-order valence-corrected chi connectivity index (χ3v) is 6.51. The van der Waals surface area contributed by atoms with E-state index >= 15 is 0 Å². The standard InChI is InChI=1S/C18H19N7O2S/c1-2-15-20-21-18-17(19-7-8-25(15)18)24-11-9-23(10-12-24)16-13-5-3-4-6-14(13)28(26,27)22-16/h3-8H,2,9-12H2,1H3. The van der Waals surface area contributed by atoms with Gasteiger partial charge in [-0.15, -0.1) is 14.6 Å². The molecule has 0 saturated carbocycles. The first-order valence-electron chi connectivity index (χ1n) is 9.21. The molecule has 0 N–H and O–H groups in total. The van der Waals surface area contributed by atoms with E-state index in [-0.39, 0.29) is 4.90 Å². The van der Waals surface area contributed by atoms with E-state index in [9.17, 15) is 8.42 Å². The zero-order valence-electron chi connectivity index (χ0n) is 15.4. The van der Waals surface area contributed by atoms with Crippen molar-refractivity contribution in [3.8, 4) is 0 Å². The number of aryl methyl sites for hydroxylation is 1. The molecule has 10 heteroatoms. The Morgan fingerprint density at radius 1 is 1.04 bits per heavy atom. The van der Waals surface area contributed by atoms with E-state index in [1.165, 1.54) is 0 Å². The van der Waals surface area contributed by atoms with Crippen LogP contribution >= 0.6 is 0 Å². The molecule has 1 saturated heterocycles. The van der Waals surface area contributed by atoms with Crippen LogP contribution in [-0.4, -0.2) is 64.9 Å². The fraction of sp³-hybridized carbons (Fsp3) is 0.333. The van der Waals surface area contributed by atoms with Crippen molar-refractivity contribution in [2.75, 3.05) is 31.1 Å². The number of hydrogen-bond acceptors (Lipinski definition) is 7. The van der Waals surface area contributed by atoms with Crippen LogP contribution in [0.1, 0.15) is 18.3 Å². The van der Waals surface area contributed by atoms with Crippen molar-refractivity contribution < 1.29 is 8.42 Å². The zero-order chi connectivity index (χ0) is 19.3. The van der Waals surface area contributed by atoms with Gasteiger partial charge in [-0.1, -0.05) is 19.1 Å². The lowest BCUT2D eigenvalue weighted by atomic mass is 10.1. The van der Waals surface area contributed by atoms with Crippen LogP contribution in [0.5, 0.6) is 0 Å². The number of anilines is 1. The smallest absolute Gasteiger partial charge is 0.285 e. The second-order valence-electron chi connectivity index (χ2n) is 6.77. The number of nitrogens with zero attached hydrogens (tertiary/aromatic N) is 7. The van der Waals surface area contributed by atoms with Crippen LogP contribution < -0.4 is 4.90 Å². The molecule has 1 aromatic carbocycles. The van der Waals surface area contributed by atoms with Gasteiger partial charge in [-0.25, -0.2) is 4.98 Å². The number of benzene rings is 1. The Balaban J connectivity index is 1.40. The maximum absolute atomic E-state index is 12.3. The van der Waals surface area contributed by atoms with Crippen molar-refractivity contribution >= 4 is 27.3 Å². The summed E-state index contributed by atoms with van der Waals surface area (Å²) < 4.78 is 30.6. The molecule has 0 atom stereocenters. The molecular formula is C18H19N7O2S. The lowest BCUT2D eigenvalue weighted by Gasteiger charge is -2.36. The molecule has 0 unspecified atom stereocenters. The van der Waals surface area contributed by atoms with Gasteiger partial charge in [0.05, 0.1) is 0 Å². The number of aromatic nitrogens is 4. The molecule has 4 heterocycles. The van der Waals surface area contributed by atoms with Gasteiger partial charge in [0, 0.05) is 50.6 Å². The van der Waals surface area contributed by atoms with E-state index in [0.717, 1.165) is 23.7 Å². The minimum Gasteiger partial charge on any atom is -0.352 e. The second-order valence-corrected chi connectivity index (χ2v) is 8.35. The largest absolute Gasteiger partial charge is 0.352 e. The van der Waals surface area contributed by atoms with Gasteiger partial charge >= 0.3 is 0 Å². The number of sulfonamides is 1. The molecule has 2 aliphatic rings. The Morgan fingerprint density at radius 3 is 2.57 bits per heavy atom. The SMILES string of the molecule is CCc1nnc2c(N3CCN(C4=NS(=O)(=O)c5ccccc54)CC3)nccn12. The van der Waals surface area contributed by atoms with Crippen molar-refractivity contribution in [2.24, 2.45) is 4.40 Å². The van der Waals surface area contributed by atoms with E-state index in [1.54, 1.807) is 18.3 Å². The first-order valence-corrected chi connectivity index (χ1v) is 10.7. The van der Waals surface area contributed by atoms with E-state index in [0.29, 0.717) is 37.6 Å². The average molecular weight is 397 g/mol. The summed E-state index contributed by atoms with van der Waals surface area (Å²) in [5.41, 5.74) is 1.43. The van der Waals surface area contributed by atoms with Crippen LogP contribution in [0.25, 0.3) is 5.65 Å². The number of amidine groups is 1. The lowest BCUT2D eigenvalue weighted by Crippen LogP contribution is -2.49. The molecule has 0 aliphatic carbocycles. The predicted octanol–water partition coefficient (Wildman–Crippen LogP) is 0.958. The quantitative estimate of drug-likeness (QED) is 0.635. The summed E-state index contributed by atoms with van der Waals surface area (Å²) in [5.74, 6) is 2.24. The van der Waals surface area contributed by atoms with Gasteiger partial charge in [0.2, 0.25) is 5.65 Å². The summed E-state index contributed by atoms with van der Waals surface area (Å²) in [4.78, 5) is 9.00. The number of rotatable bonds is 2. The highest BCUT2D eigenvalue weighted by Crippen LogP contribution is 2.28. The van der Waals surface area contributed by atoms with Gasteiger partial charge in [0.1, 0.15) is 10.7 Å². The summed E-state index contributed by atoms with van der Waals surface area (Å²) in [5, 5.41) is 8.54. The molecule has 0 spiro atoms. The molecule has 2 aliphatic heterocycles. The minimum absolute atomic E-state index is 0.286. The second kappa shape index (κ2) is 6.26. The Morgan fingerprint density at radius 2 is 1.79 bits per heavy atom. The predicted molar refractivity (Wildman–Crippen MR) is 104 cm³/mol. The first kappa shape index (κ1) is 17.1. The first-order chi connectivity index (χ1) is 13.6. The highest BCUT2D eigenvalue weighted by Gasteiger charge is 2.33. The topological polar surface area (TPSA) is 96.1 Å². The fourth-order valence-corrected chi connectivity index (χ4v) is 5.00. The molecular weight excluding hydrogens is 378 g/mol.